The predicted molar refractivity (Wildman–Crippen MR) is 90.9 cm³/mol. The molecule has 2 amide bonds. The van der Waals surface area contributed by atoms with Crippen LogP contribution >= 0.6 is 0 Å². The number of carbonyl (C=O) groups is 2. The minimum atomic E-state index is -0.349. The maximum Gasteiger partial charge on any atom is 0.242 e. The quantitative estimate of drug-likeness (QED) is 0.803. The Bertz CT molecular complexity index is 542. The summed E-state index contributed by atoms with van der Waals surface area (Å²) in [4.78, 5) is 26.3. The molecule has 2 rings (SSSR count). The zero-order chi connectivity index (χ0) is 16.8. The van der Waals surface area contributed by atoms with E-state index in [9.17, 15) is 9.59 Å². The van der Waals surface area contributed by atoms with Gasteiger partial charge in [0.05, 0.1) is 0 Å². The number of rotatable bonds is 7. The first-order valence-corrected chi connectivity index (χ1v) is 8.37. The highest BCUT2D eigenvalue weighted by atomic mass is 16.2. The van der Waals surface area contributed by atoms with Gasteiger partial charge in [-0.1, -0.05) is 36.8 Å². The van der Waals surface area contributed by atoms with Gasteiger partial charge >= 0.3 is 0 Å². The van der Waals surface area contributed by atoms with Gasteiger partial charge in [0.25, 0.3) is 0 Å². The second-order valence-electron chi connectivity index (χ2n) is 6.27. The first kappa shape index (κ1) is 17.5. The summed E-state index contributed by atoms with van der Waals surface area (Å²) in [5, 5.41) is 6.22. The van der Waals surface area contributed by atoms with E-state index in [-0.39, 0.29) is 23.9 Å². The fraction of sp³-hybridized carbons (Fsp3) is 0.556. The van der Waals surface area contributed by atoms with Crippen molar-refractivity contribution in [2.75, 3.05) is 13.1 Å². The Kier molecular flexibility index (Phi) is 6.16. The lowest BCUT2D eigenvalue weighted by atomic mass is 10.1. The molecule has 0 saturated carbocycles. The van der Waals surface area contributed by atoms with Crippen LogP contribution in [0, 0.1) is 6.92 Å². The molecular formula is C18H27N3O2. The summed E-state index contributed by atoms with van der Waals surface area (Å²) >= 11 is 0. The van der Waals surface area contributed by atoms with Crippen LogP contribution in [0.25, 0.3) is 0 Å². The van der Waals surface area contributed by atoms with Crippen LogP contribution in [0.5, 0.6) is 0 Å². The second-order valence-corrected chi connectivity index (χ2v) is 6.27. The summed E-state index contributed by atoms with van der Waals surface area (Å²) in [5.74, 6) is 0.0122. The maximum atomic E-state index is 12.4. The van der Waals surface area contributed by atoms with Gasteiger partial charge in [-0.25, -0.2) is 0 Å². The van der Waals surface area contributed by atoms with Gasteiger partial charge in [-0.15, -0.1) is 0 Å². The number of nitrogens with one attached hydrogen (secondary N) is 2. The summed E-state index contributed by atoms with van der Waals surface area (Å²) in [6.45, 7) is 8.06. The van der Waals surface area contributed by atoms with Crippen molar-refractivity contribution < 1.29 is 9.59 Å². The lowest BCUT2D eigenvalue weighted by molar-refractivity contribution is -0.135. The normalized spacial score (nSPS) is 19.0. The van der Waals surface area contributed by atoms with Gasteiger partial charge < -0.3 is 15.5 Å². The number of aryl methyl sites for hydroxylation is 1. The van der Waals surface area contributed by atoms with Crippen LogP contribution < -0.4 is 10.6 Å². The molecule has 1 aromatic carbocycles. The van der Waals surface area contributed by atoms with E-state index in [4.69, 9.17) is 0 Å². The van der Waals surface area contributed by atoms with Crippen molar-refractivity contribution in [2.24, 2.45) is 0 Å². The Labute approximate surface area is 138 Å². The van der Waals surface area contributed by atoms with Crippen LogP contribution in [0.4, 0.5) is 0 Å². The van der Waals surface area contributed by atoms with Crippen molar-refractivity contribution in [3.05, 3.63) is 35.4 Å². The Morgan fingerprint density at radius 3 is 2.70 bits per heavy atom. The number of hydrogen-bond donors (Lipinski definition) is 2. The molecule has 0 aromatic heterocycles. The van der Waals surface area contributed by atoms with Gasteiger partial charge in [0.1, 0.15) is 6.04 Å². The number of hydrogen-bond acceptors (Lipinski definition) is 3. The van der Waals surface area contributed by atoms with E-state index >= 15 is 0 Å². The Morgan fingerprint density at radius 1 is 1.35 bits per heavy atom. The first-order valence-electron chi connectivity index (χ1n) is 8.37. The Hall–Kier alpha value is -1.88. The molecule has 0 aliphatic carbocycles. The molecule has 2 N–H and O–H groups in total. The molecular weight excluding hydrogens is 290 g/mol. The van der Waals surface area contributed by atoms with Gasteiger partial charge in [-0.3, -0.25) is 9.59 Å². The van der Waals surface area contributed by atoms with Crippen molar-refractivity contribution in [1.29, 1.82) is 0 Å². The number of nitrogens with zero attached hydrogens (tertiary/aromatic N) is 1. The SMILES string of the molecule is CCN[C@H](C)CNC(=O)C1CCC(=O)N1Cc1ccc(C)cc1. The Balaban J connectivity index is 1.95. The largest absolute Gasteiger partial charge is 0.353 e. The summed E-state index contributed by atoms with van der Waals surface area (Å²) in [7, 11) is 0. The molecule has 23 heavy (non-hydrogen) atoms. The average Bonchev–Trinajstić information content (AvgIpc) is 2.89. The summed E-state index contributed by atoms with van der Waals surface area (Å²) in [5.41, 5.74) is 2.25. The fourth-order valence-corrected chi connectivity index (χ4v) is 2.89. The Morgan fingerprint density at radius 2 is 2.04 bits per heavy atom. The molecule has 5 heteroatoms. The van der Waals surface area contributed by atoms with E-state index in [1.165, 1.54) is 5.56 Å². The highest BCUT2D eigenvalue weighted by Crippen LogP contribution is 2.21. The molecule has 0 radical (unpaired) electrons. The third-order valence-corrected chi connectivity index (χ3v) is 4.24. The highest BCUT2D eigenvalue weighted by molar-refractivity contribution is 5.90. The lowest BCUT2D eigenvalue weighted by Crippen LogP contribution is -2.47. The number of benzene rings is 1. The van der Waals surface area contributed by atoms with Gasteiger partial charge in [0.15, 0.2) is 0 Å². The van der Waals surface area contributed by atoms with Gasteiger partial charge in [0.2, 0.25) is 11.8 Å². The molecule has 1 aliphatic rings. The van der Waals surface area contributed by atoms with Crippen LogP contribution in [0.1, 0.15) is 37.8 Å². The van der Waals surface area contributed by atoms with E-state index in [0.29, 0.717) is 25.9 Å². The molecule has 126 valence electrons. The van der Waals surface area contributed by atoms with Gasteiger partial charge in [-0.2, -0.15) is 0 Å². The fourth-order valence-electron chi connectivity index (χ4n) is 2.89. The second kappa shape index (κ2) is 8.11. The lowest BCUT2D eigenvalue weighted by Gasteiger charge is -2.25. The predicted octanol–water partition coefficient (Wildman–Crippen LogP) is 1.60. The number of carbonyl (C=O) groups excluding carboxylic acids is 2. The van der Waals surface area contributed by atoms with Crippen LogP contribution in [0.3, 0.4) is 0 Å². The molecule has 1 aromatic rings. The molecule has 0 bridgehead atoms. The van der Waals surface area contributed by atoms with Gasteiger partial charge in [0, 0.05) is 25.6 Å². The van der Waals surface area contributed by atoms with E-state index in [2.05, 4.69) is 10.6 Å². The van der Waals surface area contributed by atoms with Crippen molar-refractivity contribution in [3.8, 4) is 0 Å². The summed E-state index contributed by atoms with van der Waals surface area (Å²) < 4.78 is 0. The molecule has 1 heterocycles. The van der Waals surface area contributed by atoms with Gasteiger partial charge in [-0.05, 0) is 32.4 Å². The minimum absolute atomic E-state index is 0.0484. The maximum absolute atomic E-state index is 12.4. The molecule has 2 atom stereocenters. The molecule has 1 aliphatic heterocycles. The van der Waals surface area contributed by atoms with Crippen molar-refractivity contribution >= 4 is 11.8 Å². The smallest absolute Gasteiger partial charge is 0.242 e. The average molecular weight is 317 g/mol. The van der Waals surface area contributed by atoms with E-state index in [1.54, 1.807) is 4.90 Å². The zero-order valence-electron chi connectivity index (χ0n) is 14.3. The number of likely N-dealkylation sites (tertiary alicyclic amines) is 1. The zero-order valence-corrected chi connectivity index (χ0v) is 14.3. The standard InChI is InChI=1S/C18H27N3O2/c1-4-19-14(3)11-20-18(23)16-9-10-17(22)21(16)12-15-7-5-13(2)6-8-15/h5-8,14,16,19H,4,9-12H2,1-3H3,(H,20,23)/t14-,16?/m1/s1. The van der Waals surface area contributed by atoms with Crippen molar-refractivity contribution in [1.82, 2.24) is 15.5 Å². The third-order valence-electron chi connectivity index (χ3n) is 4.24. The minimum Gasteiger partial charge on any atom is -0.353 e. The third kappa shape index (κ3) is 4.79. The highest BCUT2D eigenvalue weighted by Gasteiger charge is 2.35. The molecule has 1 unspecified atom stereocenters. The van der Waals surface area contributed by atoms with E-state index in [1.807, 2.05) is 45.0 Å². The summed E-state index contributed by atoms with van der Waals surface area (Å²) in [6, 6.07) is 7.97. The monoisotopic (exact) mass is 317 g/mol. The molecule has 1 fully saturated rings. The molecule has 1 saturated heterocycles. The van der Waals surface area contributed by atoms with Crippen molar-refractivity contribution in [3.63, 3.8) is 0 Å². The molecule has 0 spiro atoms. The van der Waals surface area contributed by atoms with E-state index < -0.39 is 0 Å². The molecule has 5 nitrogen and oxygen atoms in total. The first-order chi connectivity index (χ1) is 11.0. The van der Waals surface area contributed by atoms with Crippen LogP contribution in [0.15, 0.2) is 24.3 Å². The topological polar surface area (TPSA) is 61.4 Å². The summed E-state index contributed by atoms with van der Waals surface area (Å²) in [6.07, 6.45) is 1.05. The van der Waals surface area contributed by atoms with Crippen LogP contribution in [-0.2, 0) is 16.1 Å². The van der Waals surface area contributed by atoms with E-state index in [0.717, 1.165) is 12.1 Å². The van der Waals surface area contributed by atoms with Crippen molar-refractivity contribution in [2.45, 2.75) is 52.2 Å². The van der Waals surface area contributed by atoms with Crippen LogP contribution in [0.2, 0.25) is 0 Å². The van der Waals surface area contributed by atoms with Crippen LogP contribution in [-0.4, -0.2) is 41.9 Å². The number of amides is 2. The number of likely N-dealkylation sites (N-methyl/N-ethyl adjacent to an activating group) is 1.